The molecule has 40 heavy (non-hydrogen) atoms. The molecule has 0 bridgehead atoms. The zero-order valence-electron chi connectivity index (χ0n) is 23.1. The van der Waals surface area contributed by atoms with E-state index in [1.165, 1.54) is 19.1 Å². The number of likely N-dealkylation sites (tertiary alicyclic amines) is 1. The second-order valence-corrected chi connectivity index (χ2v) is 10.4. The summed E-state index contributed by atoms with van der Waals surface area (Å²) in [6.45, 7) is 6.67. The van der Waals surface area contributed by atoms with E-state index in [2.05, 4.69) is 20.8 Å². The van der Waals surface area contributed by atoms with Crippen LogP contribution in [0.25, 0.3) is 0 Å². The van der Waals surface area contributed by atoms with Crippen LogP contribution in [0.15, 0.2) is 53.3 Å². The Kier molecular flexibility index (Phi) is 8.77. The Morgan fingerprint density at radius 2 is 1.88 bits per heavy atom. The molecule has 0 radical (unpaired) electrons. The number of benzene rings is 2. The fourth-order valence-electron chi connectivity index (χ4n) is 5.43. The lowest BCUT2D eigenvalue weighted by molar-refractivity contribution is -0.134. The van der Waals surface area contributed by atoms with E-state index in [9.17, 15) is 23.6 Å². The number of hydrogen-bond donors (Lipinski definition) is 3. The van der Waals surface area contributed by atoms with E-state index in [1.807, 2.05) is 13.8 Å². The highest BCUT2D eigenvalue weighted by atomic mass is 19.1. The van der Waals surface area contributed by atoms with Crippen molar-refractivity contribution >= 4 is 17.7 Å². The summed E-state index contributed by atoms with van der Waals surface area (Å²) in [6.07, 6.45) is 1.64. The van der Waals surface area contributed by atoms with Crippen molar-refractivity contribution in [3.05, 3.63) is 98.2 Å². The van der Waals surface area contributed by atoms with Crippen molar-refractivity contribution < 1.29 is 18.8 Å². The van der Waals surface area contributed by atoms with Gasteiger partial charge < -0.3 is 15.5 Å². The SMILES string of the molecule is CC(=O)NC(C)[C@H]1CC[C@@H](c2cccc(F)c2)N1C(=O)CNC(=O)c1ccc(Cc2cc(C)n[nH]c2=O)c(C)c1. The van der Waals surface area contributed by atoms with Crippen LogP contribution in [-0.2, 0) is 16.0 Å². The Morgan fingerprint density at radius 1 is 1.10 bits per heavy atom. The number of nitrogens with zero attached hydrogens (tertiary/aromatic N) is 2. The molecule has 3 amide bonds. The lowest BCUT2D eigenvalue weighted by Crippen LogP contribution is -2.51. The van der Waals surface area contributed by atoms with E-state index in [0.29, 0.717) is 41.6 Å². The number of rotatable bonds is 8. The lowest BCUT2D eigenvalue weighted by Gasteiger charge is -2.34. The summed E-state index contributed by atoms with van der Waals surface area (Å²) in [5, 5.41) is 12.0. The lowest BCUT2D eigenvalue weighted by atomic mass is 9.99. The number of carbonyl (C=O) groups is 3. The van der Waals surface area contributed by atoms with Crippen molar-refractivity contribution in [3.8, 4) is 0 Å². The van der Waals surface area contributed by atoms with Crippen LogP contribution >= 0.6 is 0 Å². The monoisotopic (exact) mass is 547 g/mol. The van der Waals surface area contributed by atoms with Gasteiger partial charge in [0.1, 0.15) is 5.82 Å². The molecular weight excluding hydrogens is 513 g/mol. The van der Waals surface area contributed by atoms with E-state index in [0.717, 1.165) is 11.1 Å². The third-order valence-electron chi connectivity index (χ3n) is 7.35. The Morgan fingerprint density at radius 3 is 2.58 bits per heavy atom. The van der Waals surface area contributed by atoms with Crippen LogP contribution in [0.3, 0.4) is 0 Å². The normalized spacial score (nSPS) is 17.4. The molecule has 0 spiro atoms. The van der Waals surface area contributed by atoms with Crippen molar-refractivity contribution in [1.82, 2.24) is 25.7 Å². The standard InChI is InChI=1S/C30H34FN5O4/c1-17-12-23(9-8-21(17)14-24-13-18(2)34-35-30(24)40)29(39)32-16-28(38)36-26(19(3)33-20(4)37)10-11-27(36)22-6-5-7-25(31)15-22/h5-9,12-13,15,19,26-27H,10-11,14,16H2,1-4H3,(H,32,39)(H,33,37)(H,35,40)/t19?,26-,27+/m1/s1. The van der Waals surface area contributed by atoms with Crippen molar-refractivity contribution in [2.24, 2.45) is 0 Å². The minimum atomic E-state index is -0.409. The topological polar surface area (TPSA) is 124 Å². The van der Waals surface area contributed by atoms with Crippen LogP contribution < -0.4 is 16.2 Å². The molecule has 10 heteroatoms. The smallest absolute Gasteiger partial charge is 0.267 e. The quantitative estimate of drug-likeness (QED) is 0.400. The molecule has 2 heterocycles. The number of carbonyl (C=O) groups excluding carboxylic acids is 3. The molecular formula is C30H34FN5O4. The van der Waals surface area contributed by atoms with Gasteiger partial charge in [0.15, 0.2) is 0 Å². The molecule has 1 aliphatic rings. The van der Waals surface area contributed by atoms with Gasteiger partial charge in [-0.2, -0.15) is 5.10 Å². The predicted molar refractivity (Wildman–Crippen MR) is 148 cm³/mol. The van der Waals surface area contributed by atoms with Crippen LogP contribution in [0.1, 0.15) is 71.0 Å². The Balaban J connectivity index is 1.47. The maximum absolute atomic E-state index is 14.0. The molecule has 1 unspecified atom stereocenters. The number of halogens is 1. The Labute approximate surface area is 232 Å². The van der Waals surface area contributed by atoms with E-state index < -0.39 is 5.91 Å². The third-order valence-corrected chi connectivity index (χ3v) is 7.35. The number of hydrogen-bond acceptors (Lipinski definition) is 5. The van der Waals surface area contributed by atoms with Gasteiger partial charge in [0.25, 0.3) is 11.5 Å². The Bertz CT molecular complexity index is 1490. The molecule has 2 aromatic carbocycles. The van der Waals surface area contributed by atoms with E-state index in [-0.39, 0.29) is 47.9 Å². The highest BCUT2D eigenvalue weighted by Crippen LogP contribution is 2.37. The first-order valence-corrected chi connectivity index (χ1v) is 13.3. The zero-order chi connectivity index (χ0) is 29.0. The van der Waals surface area contributed by atoms with Gasteiger partial charge in [0.05, 0.1) is 24.3 Å². The molecule has 3 aromatic rings. The summed E-state index contributed by atoms with van der Waals surface area (Å²) in [4.78, 5) is 52.0. The molecule has 1 saturated heterocycles. The summed E-state index contributed by atoms with van der Waals surface area (Å²) < 4.78 is 14.0. The van der Waals surface area contributed by atoms with Gasteiger partial charge in [-0.25, -0.2) is 9.49 Å². The Hall–Kier alpha value is -4.34. The van der Waals surface area contributed by atoms with Gasteiger partial charge in [-0.3, -0.25) is 19.2 Å². The van der Waals surface area contributed by atoms with E-state index in [4.69, 9.17) is 0 Å². The van der Waals surface area contributed by atoms with Gasteiger partial charge in [0, 0.05) is 30.5 Å². The average Bonchev–Trinajstić information content (AvgIpc) is 3.35. The molecule has 3 N–H and O–H groups in total. The number of H-pyrrole nitrogens is 1. The summed E-state index contributed by atoms with van der Waals surface area (Å²) in [5.41, 5.74) is 3.83. The maximum Gasteiger partial charge on any atom is 0.267 e. The first-order valence-electron chi connectivity index (χ1n) is 13.3. The second kappa shape index (κ2) is 12.2. The van der Waals surface area contributed by atoms with Crippen molar-refractivity contribution in [3.63, 3.8) is 0 Å². The van der Waals surface area contributed by atoms with Gasteiger partial charge in [-0.1, -0.05) is 18.2 Å². The molecule has 1 fully saturated rings. The van der Waals surface area contributed by atoms with Crippen LogP contribution in [0.5, 0.6) is 0 Å². The molecule has 0 aliphatic carbocycles. The first kappa shape index (κ1) is 28.7. The fraction of sp³-hybridized carbons (Fsp3) is 0.367. The zero-order valence-corrected chi connectivity index (χ0v) is 23.1. The summed E-state index contributed by atoms with van der Waals surface area (Å²) in [6, 6.07) is 12.1. The first-order chi connectivity index (χ1) is 19.0. The largest absolute Gasteiger partial charge is 0.352 e. The highest BCUT2D eigenvalue weighted by Gasteiger charge is 2.40. The number of aromatic nitrogens is 2. The third kappa shape index (κ3) is 6.62. The van der Waals surface area contributed by atoms with Crippen LogP contribution in [0.2, 0.25) is 0 Å². The van der Waals surface area contributed by atoms with Gasteiger partial charge in [-0.05, 0) is 80.6 Å². The highest BCUT2D eigenvalue weighted by molar-refractivity contribution is 5.96. The maximum atomic E-state index is 14.0. The van der Waals surface area contributed by atoms with E-state index in [1.54, 1.807) is 48.2 Å². The minimum absolute atomic E-state index is 0.204. The second-order valence-electron chi connectivity index (χ2n) is 10.4. The fourth-order valence-corrected chi connectivity index (χ4v) is 5.43. The predicted octanol–water partition coefficient (Wildman–Crippen LogP) is 3.10. The molecule has 210 valence electrons. The van der Waals surface area contributed by atoms with Crippen LogP contribution in [0.4, 0.5) is 4.39 Å². The number of nitrogens with one attached hydrogen (secondary N) is 3. The summed E-state index contributed by atoms with van der Waals surface area (Å²) in [5.74, 6) is -1.32. The van der Waals surface area contributed by atoms with E-state index >= 15 is 0 Å². The van der Waals surface area contributed by atoms with Gasteiger partial charge in [0.2, 0.25) is 11.8 Å². The van der Waals surface area contributed by atoms with Crippen LogP contribution in [0, 0.1) is 19.7 Å². The minimum Gasteiger partial charge on any atom is -0.352 e. The average molecular weight is 548 g/mol. The number of aromatic amines is 1. The molecule has 0 saturated carbocycles. The van der Waals surface area contributed by atoms with Gasteiger partial charge >= 0.3 is 0 Å². The number of amides is 3. The van der Waals surface area contributed by atoms with Crippen LogP contribution in [-0.4, -0.2) is 51.4 Å². The number of aryl methyl sites for hydroxylation is 2. The van der Waals surface area contributed by atoms with Gasteiger partial charge in [-0.15, -0.1) is 0 Å². The summed E-state index contributed by atoms with van der Waals surface area (Å²) in [7, 11) is 0. The molecule has 3 atom stereocenters. The van der Waals surface area contributed by atoms with Crippen molar-refractivity contribution in [2.45, 2.75) is 65.1 Å². The molecule has 4 rings (SSSR count). The molecule has 9 nitrogen and oxygen atoms in total. The molecule has 1 aromatic heterocycles. The molecule has 1 aliphatic heterocycles. The van der Waals surface area contributed by atoms with Crippen molar-refractivity contribution in [1.29, 1.82) is 0 Å². The van der Waals surface area contributed by atoms with Crippen molar-refractivity contribution in [2.75, 3.05) is 6.54 Å². The summed E-state index contributed by atoms with van der Waals surface area (Å²) >= 11 is 0.